The molecule has 1 aliphatic rings. The summed E-state index contributed by atoms with van der Waals surface area (Å²) in [5, 5.41) is 2.29. The van der Waals surface area contributed by atoms with Gasteiger partial charge >= 0.3 is 0 Å². The second kappa shape index (κ2) is 2.73. The van der Waals surface area contributed by atoms with E-state index in [1.54, 1.807) is 10.8 Å². The monoisotopic (exact) mass is 182 g/mol. The van der Waals surface area contributed by atoms with E-state index < -0.39 is 8.07 Å². The maximum absolute atomic E-state index is 2.51. The van der Waals surface area contributed by atoms with Crippen molar-refractivity contribution in [1.82, 2.24) is 0 Å². The van der Waals surface area contributed by atoms with Crippen molar-refractivity contribution in [2.75, 3.05) is 0 Å². The van der Waals surface area contributed by atoms with Gasteiger partial charge < -0.3 is 0 Å². The van der Waals surface area contributed by atoms with Crippen LogP contribution in [0.3, 0.4) is 0 Å². The molecule has 0 aliphatic heterocycles. The molecule has 0 heterocycles. The molecule has 0 saturated heterocycles. The first kappa shape index (κ1) is 10.0. The van der Waals surface area contributed by atoms with Crippen LogP contribution in [0.25, 0.3) is 0 Å². The third kappa shape index (κ3) is 1.66. The molecule has 1 heteroatoms. The normalized spacial score (nSPS) is 18.0. The minimum absolute atomic E-state index is 0.521. The molecule has 12 heavy (non-hydrogen) atoms. The van der Waals surface area contributed by atoms with Gasteiger partial charge in [0.25, 0.3) is 0 Å². The van der Waals surface area contributed by atoms with Crippen molar-refractivity contribution >= 4 is 8.07 Å². The Labute approximate surface area is 78.1 Å². The first-order valence-corrected chi connectivity index (χ1v) is 7.96. The summed E-state index contributed by atoms with van der Waals surface area (Å²) in [4.78, 5) is 0. The fourth-order valence-corrected chi connectivity index (χ4v) is 3.70. The van der Waals surface area contributed by atoms with E-state index in [0.717, 1.165) is 0 Å². The van der Waals surface area contributed by atoms with E-state index >= 15 is 0 Å². The van der Waals surface area contributed by atoms with Crippen LogP contribution in [0.1, 0.15) is 40.5 Å². The zero-order valence-corrected chi connectivity index (χ0v) is 10.4. The van der Waals surface area contributed by atoms with E-state index in [-0.39, 0.29) is 0 Å². The van der Waals surface area contributed by atoms with Crippen LogP contribution in [0.15, 0.2) is 10.8 Å². The van der Waals surface area contributed by atoms with Gasteiger partial charge in [-0.3, -0.25) is 0 Å². The van der Waals surface area contributed by atoms with Crippen LogP contribution in [-0.4, -0.2) is 8.07 Å². The zero-order valence-electron chi connectivity index (χ0n) is 9.41. The summed E-state index contributed by atoms with van der Waals surface area (Å²) in [6, 6.07) is 0. The summed E-state index contributed by atoms with van der Waals surface area (Å²) in [6.45, 7) is 14.6. The van der Waals surface area contributed by atoms with Crippen LogP contribution in [0, 0.1) is 0 Å². The number of allylic oxidation sites excluding steroid dienone is 2. The van der Waals surface area contributed by atoms with Crippen LogP contribution >= 0.6 is 0 Å². The maximum Gasteiger partial charge on any atom is 0.0803 e. The fraction of sp³-hybridized carbons (Fsp3) is 0.818. The molecule has 0 aromatic heterocycles. The number of hydrogen-bond acceptors (Lipinski definition) is 0. The molecule has 0 nitrogen and oxygen atoms in total. The molecule has 70 valence electrons. The van der Waals surface area contributed by atoms with Crippen LogP contribution in [0.2, 0.25) is 18.1 Å². The first-order valence-electron chi connectivity index (χ1n) is 4.96. The van der Waals surface area contributed by atoms with Crippen LogP contribution in [0.5, 0.6) is 0 Å². The van der Waals surface area contributed by atoms with Crippen LogP contribution in [-0.2, 0) is 0 Å². The molecular formula is C11H22Si. The molecule has 0 aromatic carbocycles. The first-order chi connectivity index (χ1) is 5.27. The van der Waals surface area contributed by atoms with Crippen molar-refractivity contribution < 1.29 is 0 Å². The lowest BCUT2D eigenvalue weighted by atomic mass is 10.2. The largest absolute Gasteiger partial charge is 0.0841 e. The van der Waals surface area contributed by atoms with Crippen molar-refractivity contribution in [1.29, 1.82) is 0 Å². The van der Waals surface area contributed by atoms with Gasteiger partial charge in [-0.1, -0.05) is 44.6 Å². The van der Waals surface area contributed by atoms with E-state index in [4.69, 9.17) is 0 Å². The maximum atomic E-state index is 2.51. The Morgan fingerprint density at radius 2 is 1.58 bits per heavy atom. The van der Waals surface area contributed by atoms with Gasteiger partial charge in [-0.25, -0.2) is 0 Å². The Kier molecular flexibility index (Phi) is 2.28. The van der Waals surface area contributed by atoms with E-state index in [2.05, 4.69) is 40.8 Å². The fourth-order valence-electron chi connectivity index (χ4n) is 1.44. The average Bonchev–Trinajstić information content (AvgIpc) is 2.64. The van der Waals surface area contributed by atoms with E-state index in [9.17, 15) is 0 Å². The van der Waals surface area contributed by atoms with Gasteiger partial charge in [-0.15, -0.1) is 0 Å². The highest BCUT2D eigenvalue weighted by Gasteiger charge is 2.39. The van der Waals surface area contributed by atoms with Gasteiger partial charge in [0.1, 0.15) is 0 Å². The highest BCUT2D eigenvalue weighted by molar-refractivity contribution is 6.86. The number of hydrogen-bond donors (Lipinski definition) is 0. The molecule has 1 saturated carbocycles. The Morgan fingerprint density at radius 3 is 1.83 bits per heavy atom. The summed E-state index contributed by atoms with van der Waals surface area (Å²) in [6.07, 6.45) is 2.77. The quantitative estimate of drug-likeness (QED) is 0.535. The minimum Gasteiger partial charge on any atom is -0.0841 e. The summed E-state index contributed by atoms with van der Waals surface area (Å²) >= 11 is 0. The summed E-state index contributed by atoms with van der Waals surface area (Å²) < 4.78 is 0. The lowest BCUT2D eigenvalue weighted by Gasteiger charge is -2.38. The van der Waals surface area contributed by atoms with E-state index in [1.807, 2.05) is 0 Å². The molecule has 0 amide bonds. The Bertz CT molecular complexity index is 210. The molecule has 0 unspecified atom stereocenters. The second-order valence-corrected chi connectivity index (χ2v) is 11.1. The average molecular weight is 182 g/mol. The Balaban J connectivity index is 2.92. The van der Waals surface area contributed by atoms with Crippen LogP contribution in [0.4, 0.5) is 0 Å². The molecule has 0 radical (unpaired) electrons. The molecule has 0 bridgehead atoms. The zero-order chi connectivity index (χ0) is 9.57. The number of rotatable bonds is 1. The van der Waals surface area contributed by atoms with Gasteiger partial charge in [0.2, 0.25) is 0 Å². The predicted octanol–water partition coefficient (Wildman–Crippen LogP) is 4.14. The summed E-state index contributed by atoms with van der Waals surface area (Å²) in [7, 11) is -1.13. The van der Waals surface area contributed by atoms with Crippen LogP contribution < -0.4 is 0 Å². The van der Waals surface area contributed by atoms with E-state index in [1.165, 1.54) is 12.8 Å². The highest BCUT2D eigenvalue weighted by atomic mass is 28.3. The highest BCUT2D eigenvalue weighted by Crippen LogP contribution is 2.45. The molecule has 0 aromatic rings. The smallest absolute Gasteiger partial charge is 0.0803 e. The molecule has 1 aliphatic carbocycles. The van der Waals surface area contributed by atoms with Crippen molar-refractivity contribution in [2.24, 2.45) is 0 Å². The summed E-state index contributed by atoms with van der Waals surface area (Å²) in [5.41, 5.74) is 1.77. The van der Waals surface area contributed by atoms with Gasteiger partial charge in [-0.2, -0.15) is 0 Å². The molecule has 0 N–H and O–H groups in total. The van der Waals surface area contributed by atoms with Gasteiger partial charge in [0, 0.05) is 0 Å². The molecular weight excluding hydrogens is 160 g/mol. The Hall–Kier alpha value is -0.0431. The van der Waals surface area contributed by atoms with Crippen molar-refractivity contribution in [3.8, 4) is 0 Å². The standard InChI is InChI=1S/C11H22Si/c1-9(10-7-8-10)12(5,6)11(2,3)4/h7-8H2,1-6H3. The molecule has 1 rings (SSSR count). The topological polar surface area (TPSA) is 0 Å². The third-order valence-corrected chi connectivity index (χ3v) is 9.82. The van der Waals surface area contributed by atoms with Gasteiger partial charge in [0.15, 0.2) is 0 Å². The predicted molar refractivity (Wildman–Crippen MR) is 59.1 cm³/mol. The van der Waals surface area contributed by atoms with Gasteiger partial charge in [-0.05, 0) is 24.8 Å². The Morgan fingerprint density at radius 1 is 1.17 bits per heavy atom. The lowest BCUT2D eigenvalue weighted by Crippen LogP contribution is -2.38. The molecule has 0 spiro atoms. The van der Waals surface area contributed by atoms with Crippen molar-refractivity contribution in [3.05, 3.63) is 10.8 Å². The molecule has 0 atom stereocenters. The molecule has 1 fully saturated rings. The minimum atomic E-state index is -1.13. The third-order valence-electron chi connectivity index (χ3n) is 3.84. The summed E-state index contributed by atoms with van der Waals surface area (Å²) in [5.74, 6) is 0. The SMILES string of the molecule is CC(=C1CC1)[Si](C)(C)C(C)(C)C. The second-order valence-electron chi connectivity index (χ2n) is 5.60. The van der Waals surface area contributed by atoms with Gasteiger partial charge in [0.05, 0.1) is 8.07 Å². The van der Waals surface area contributed by atoms with E-state index in [0.29, 0.717) is 5.04 Å². The van der Waals surface area contributed by atoms with Crippen molar-refractivity contribution in [2.45, 2.75) is 58.7 Å². The van der Waals surface area contributed by atoms with Crippen molar-refractivity contribution in [3.63, 3.8) is 0 Å². The lowest BCUT2D eigenvalue weighted by molar-refractivity contribution is 0.724.